The quantitative estimate of drug-likeness (QED) is 0.254. The molecule has 0 aliphatic carbocycles. The summed E-state index contributed by atoms with van der Waals surface area (Å²) in [6.45, 7) is 11.5. The molecule has 1 atom stereocenters. The molecule has 2 N–H and O–H groups in total. The lowest BCUT2D eigenvalue weighted by Crippen LogP contribution is -2.55. The first-order valence-corrected chi connectivity index (χ1v) is 16.1. The number of esters is 2. The van der Waals surface area contributed by atoms with Crippen molar-refractivity contribution in [1.29, 1.82) is 0 Å². The Morgan fingerprint density at radius 2 is 1.50 bits per heavy atom. The van der Waals surface area contributed by atoms with E-state index in [0.717, 1.165) is 21.7 Å². The van der Waals surface area contributed by atoms with E-state index in [1.165, 1.54) is 32.2 Å². The minimum atomic E-state index is -3.68. The molecule has 0 radical (unpaired) electrons. The number of rotatable bonds is 12. The van der Waals surface area contributed by atoms with E-state index in [0.29, 0.717) is 18.4 Å². The lowest BCUT2D eigenvalue weighted by molar-refractivity contribution is -0.152. The third-order valence-corrected chi connectivity index (χ3v) is 7.45. The van der Waals surface area contributed by atoms with Gasteiger partial charge in [0.2, 0.25) is 10.0 Å². The van der Waals surface area contributed by atoms with E-state index in [4.69, 9.17) is 14.2 Å². The Morgan fingerprint density at radius 1 is 0.886 bits per heavy atom. The number of hydrogen-bond donors (Lipinski definition) is 2. The number of carbonyl (C=O) groups is 3. The second kappa shape index (κ2) is 14.4. The van der Waals surface area contributed by atoms with Crippen molar-refractivity contribution in [3.63, 3.8) is 0 Å². The maximum absolute atomic E-state index is 13.7. The minimum absolute atomic E-state index is 0.0469. The van der Waals surface area contributed by atoms with Crippen LogP contribution in [0.15, 0.2) is 42.5 Å². The zero-order valence-electron chi connectivity index (χ0n) is 27.1. The second-order valence-electron chi connectivity index (χ2n) is 13.0. The van der Waals surface area contributed by atoms with Gasteiger partial charge < -0.3 is 24.6 Å². The molecular formula is C32H46N2O9S. The first kappa shape index (κ1) is 36.6. The lowest BCUT2D eigenvalue weighted by atomic mass is 9.91. The zero-order valence-corrected chi connectivity index (χ0v) is 28.0. The van der Waals surface area contributed by atoms with Gasteiger partial charge in [0.15, 0.2) is 0 Å². The number of anilines is 1. The predicted molar refractivity (Wildman–Crippen MR) is 168 cm³/mol. The molecule has 0 heterocycles. The molecule has 0 spiro atoms. The number of ether oxygens (including phenoxy) is 3. The Labute approximate surface area is 260 Å². The fraction of sp³-hybridized carbons (Fsp3) is 0.531. The van der Waals surface area contributed by atoms with Crippen molar-refractivity contribution >= 4 is 33.7 Å². The van der Waals surface area contributed by atoms with E-state index in [1.807, 2.05) is 24.3 Å². The summed E-state index contributed by atoms with van der Waals surface area (Å²) in [5.74, 6) is -1.45. The summed E-state index contributed by atoms with van der Waals surface area (Å²) in [5.41, 5.74) is -0.878. The molecule has 2 aromatic carbocycles. The van der Waals surface area contributed by atoms with Crippen LogP contribution in [-0.2, 0) is 48.5 Å². The highest BCUT2D eigenvalue weighted by atomic mass is 32.2. The largest absolute Gasteiger partial charge is 0.459 e. The van der Waals surface area contributed by atoms with Gasteiger partial charge in [0.25, 0.3) is 0 Å². The van der Waals surface area contributed by atoms with Crippen LogP contribution >= 0.6 is 0 Å². The van der Waals surface area contributed by atoms with Gasteiger partial charge in [0.05, 0.1) is 17.5 Å². The molecule has 11 nitrogen and oxygen atoms in total. The molecule has 44 heavy (non-hydrogen) atoms. The number of carbonyl (C=O) groups excluding carboxylic acids is 3. The molecule has 12 heteroatoms. The molecule has 1 unspecified atom stereocenters. The summed E-state index contributed by atoms with van der Waals surface area (Å²) in [6.07, 6.45) is 1.51. The average molecular weight is 635 g/mol. The molecule has 1 amide bonds. The van der Waals surface area contributed by atoms with Crippen molar-refractivity contribution in [2.24, 2.45) is 0 Å². The Morgan fingerprint density at radius 3 is 2.07 bits per heavy atom. The molecule has 244 valence electrons. The van der Waals surface area contributed by atoms with Gasteiger partial charge in [-0.05, 0) is 96.2 Å². The van der Waals surface area contributed by atoms with E-state index in [1.54, 1.807) is 41.5 Å². The van der Waals surface area contributed by atoms with E-state index in [-0.39, 0.29) is 30.9 Å². The summed E-state index contributed by atoms with van der Waals surface area (Å²) < 4.78 is 42.1. The standard InChI is InChI=1S/C32H46N2O9S/c1-30(2,3)42-27(36)25-17-24(18-26(19-25)34(8)44(9,39)40)21-41-28(37)32(7,33-29(38)43-31(4,5)6)20-23-13-10-12-22(16-23)14-11-15-35/h10,12-13,16-19,35H,11,14-15,20-21H2,1-9H3,(H,33,38). The van der Waals surface area contributed by atoms with E-state index in [2.05, 4.69) is 5.32 Å². The Balaban J connectivity index is 2.43. The van der Waals surface area contributed by atoms with Gasteiger partial charge in [-0.2, -0.15) is 0 Å². The van der Waals surface area contributed by atoms with Crippen LogP contribution in [0.25, 0.3) is 0 Å². The Bertz CT molecular complexity index is 1440. The number of hydrogen-bond acceptors (Lipinski definition) is 9. The minimum Gasteiger partial charge on any atom is -0.459 e. The lowest BCUT2D eigenvalue weighted by Gasteiger charge is -2.30. The van der Waals surface area contributed by atoms with Gasteiger partial charge in [-0.15, -0.1) is 0 Å². The molecule has 2 aromatic rings. The van der Waals surface area contributed by atoms with Gasteiger partial charge >= 0.3 is 18.0 Å². The van der Waals surface area contributed by atoms with Crippen LogP contribution in [0.5, 0.6) is 0 Å². The van der Waals surface area contributed by atoms with E-state index < -0.39 is 44.8 Å². The molecule has 0 fully saturated rings. The van der Waals surface area contributed by atoms with Crippen LogP contribution in [0.2, 0.25) is 0 Å². The van der Waals surface area contributed by atoms with Crippen LogP contribution in [0.4, 0.5) is 10.5 Å². The number of nitrogens with zero attached hydrogens (tertiary/aromatic N) is 1. The van der Waals surface area contributed by atoms with Crippen molar-refractivity contribution in [1.82, 2.24) is 5.32 Å². The first-order valence-electron chi connectivity index (χ1n) is 14.3. The average Bonchev–Trinajstić information content (AvgIpc) is 2.87. The summed E-state index contributed by atoms with van der Waals surface area (Å²) in [6, 6.07) is 11.8. The summed E-state index contributed by atoms with van der Waals surface area (Å²) in [5, 5.41) is 11.9. The number of sulfonamides is 1. The number of aryl methyl sites for hydroxylation is 1. The molecule has 0 saturated carbocycles. The van der Waals surface area contributed by atoms with Gasteiger partial charge in [-0.3, -0.25) is 4.31 Å². The van der Waals surface area contributed by atoms with Crippen molar-refractivity contribution in [3.8, 4) is 0 Å². The van der Waals surface area contributed by atoms with Crippen LogP contribution in [-0.4, -0.2) is 68.2 Å². The van der Waals surface area contributed by atoms with Gasteiger partial charge in [-0.1, -0.05) is 24.3 Å². The third-order valence-electron chi connectivity index (χ3n) is 6.24. The second-order valence-corrected chi connectivity index (χ2v) is 15.0. The molecule has 0 aliphatic rings. The van der Waals surface area contributed by atoms with Gasteiger partial charge in [-0.25, -0.2) is 22.8 Å². The monoisotopic (exact) mass is 634 g/mol. The van der Waals surface area contributed by atoms with Crippen molar-refractivity contribution < 1.29 is 42.1 Å². The predicted octanol–water partition coefficient (Wildman–Crippen LogP) is 4.53. The molecular weight excluding hydrogens is 588 g/mol. The van der Waals surface area contributed by atoms with Crippen LogP contribution in [0.3, 0.4) is 0 Å². The third kappa shape index (κ3) is 11.8. The molecule has 0 bridgehead atoms. The van der Waals surface area contributed by atoms with Crippen molar-refractivity contribution in [2.75, 3.05) is 24.2 Å². The maximum Gasteiger partial charge on any atom is 0.408 e. The smallest absolute Gasteiger partial charge is 0.408 e. The fourth-order valence-corrected chi connectivity index (χ4v) is 4.66. The van der Waals surface area contributed by atoms with Gasteiger partial charge in [0, 0.05) is 20.1 Å². The number of amides is 1. The highest BCUT2D eigenvalue weighted by Crippen LogP contribution is 2.25. The van der Waals surface area contributed by atoms with E-state index in [9.17, 15) is 27.9 Å². The zero-order chi connectivity index (χ0) is 33.5. The van der Waals surface area contributed by atoms with Crippen molar-refractivity contribution in [2.45, 2.75) is 91.1 Å². The number of aliphatic hydroxyl groups excluding tert-OH is 1. The molecule has 2 rings (SSSR count). The van der Waals surface area contributed by atoms with Crippen LogP contribution < -0.4 is 9.62 Å². The fourth-order valence-electron chi connectivity index (χ4n) is 4.18. The molecule has 0 saturated heterocycles. The summed E-state index contributed by atoms with van der Waals surface area (Å²) >= 11 is 0. The first-order chi connectivity index (χ1) is 20.1. The summed E-state index contributed by atoms with van der Waals surface area (Å²) in [4.78, 5) is 39.4. The van der Waals surface area contributed by atoms with E-state index >= 15 is 0 Å². The van der Waals surface area contributed by atoms with Crippen LogP contribution in [0.1, 0.15) is 81.9 Å². The van der Waals surface area contributed by atoms with Crippen LogP contribution in [0, 0.1) is 0 Å². The SMILES string of the molecule is CN(c1cc(COC(=O)C(C)(Cc2cccc(CCCO)c2)NC(=O)OC(C)(C)C)cc(C(=O)OC(C)(C)C)c1)S(C)(=O)=O. The number of alkyl carbamates (subject to hydrolysis) is 1. The molecule has 0 aromatic heterocycles. The number of benzene rings is 2. The summed E-state index contributed by atoms with van der Waals surface area (Å²) in [7, 11) is -2.34. The van der Waals surface area contributed by atoms with Gasteiger partial charge in [0.1, 0.15) is 23.3 Å². The topological polar surface area (TPSA) is 149 Å². The maximum atomic E-state index is 13.7. The number of nitrogens with one attached hydrogen (secondary N) is 1. The Kier molecular flexibility index (Phi) is 12.0. The highest BCUT2D eigenvalue weighted by molar-refractivity contribution is 7.92. The highest BCUT2D eigenvalue weighted by Gasteiger charge is 2.38. The molecule has 0 aliphatic heterocycles. The normalized spacial score (nSPS) is 13.4. The van der Waals surface area contributed by atoms with Crippen molar-refractivity contribution in [3.05, 3.63) is 64.7 Å². The Hall–Kier alpha value is -3.64. The number of aliphatic hydroxyl groups is 1.